The molecule has 56 heavy (non-hydrogen) atoms. The van der Waals surface area contributed by atoms with Gasteiger partial charge in [-0.1, -0.05) is 19.4 Å². The average Bonchev–Trinajstić information content (AvgIpc) is 3.48. The highest BCUT2D eigenvalue weighted by Gasteiger charge is 2.37. The molecule has 4 aromatic heterocycles. The van der Waals surface area contributed by atoms with Crippen LogP contribution in [0.25, 0.3) is 38.8 Å². The maximum absolute atomic E-state index is 14.9. The van der Waals surface area contributed by atoms with Crippen LogP contribution in [0.2, 0.25) is 0 Å². The fourth-order valence-electron chi connectivity index (χ4n) is 7.41. The molecular weight excluding hydrogens is 727 g/mol. The Bertz CT molecular complexity index is 2490. The monoisotopic (exact) mass is 767 g/mol. The zero-order chi connectivity index (χ0) is 39.1. The van der Waals surface area contributed by atoms with E-state index in [-0.39, 0.29) is 17.5 Å². The van der Waals surface area contributed by atoms with Crippen LogP contribution >= 0.6 is 0 Å². The minimum Gasteiger partial charge on any atom is -0.481 e. The number of halogens is 3. The number of hydrogen-bond donors (Lipinski definition) is 0. The number of pyridine rings is 2. The van der Waals surface area contributed by atoms with Crippen molar-refractivity contribution in [2.45, 2.75) is 38.9 Å². The van der Waals surface area contributed by atoms with E-state index in [1.165, 1.54) is 22.3 Å². The number of hydrogen-bond acceptors (Lipinski definition) is 10. The third-order valence-electron chi connectivity index (χ3n) is 10.5. The number of anilines is 2. The average molecular weight is 768 g/mol. The third-order valence-corrected chi connectivity index (χ3v) is 10.5. The van der Waals surface area contributed by atoms with E-state index < -0.39 is 17.4 Å². The molecule has 1 fully saturated rings. The maximum Gasteiger partial charge on any atom is 0.418 e. The lowest BCUT2D eigenvalue weighted by molar-refractivity contribution is -0.137. The van der Waals surface area contributed by atoms with Gasteiger partial charge in [-0.25, -0.2) is 24.5 Å². The second-order valence-corrected chi connectivity index (χ2v) is 13.9. The molecule has 0 bridgehead atoms. The molecule has 0 radical (unpaired) electrons. The van der Waals surface area contributed by atoms with Crippen LogP contribution in [-0.4, -0.2) is 86.5 Å². The molecular formula is C40H40F3N9O4. The SMILES string of the molecule is CCCCOC(=O)N1CCc2nc(N3CCN(c4ccc(-n5c(=O)n(C)c6cnc7ccc(-c8ccc(OC)nc8)cc7c65)cc4C(F)(F)F)CC3)ncc2C1. The topological polar surface area (TPSA) is 124 Å². The zero-order valence-electron chi connectivity index (χ0n) is 31.2. The largest absolute Gasteiger partial charge is 0.481 e. The normalized spacial score (nSPS) is 14.7. The molecule has 8 rings (SSSR count). The van der Waals surface area contributed by atoms with Crippen molar-refractivity contribution in [1.82, 2.24) is 34.0 Å². The van der Waals surface area contributed by atoms with E-state index in [0.717, 1.165) is 41.3 Å². The van der Waals surface area contributed by atoms with Gasteiger partial charge in [0.1, 0.15) is 0 Å². The van der Waals surface area contributed by atoms with Crippen LogP contribution in [0, 0.1) is 0 Å². The van der Waals surface area contributed by atoms with Crippen molar-refractivity contribution in [3.63, 3.8) is 0 Å². The van der Waals surface area contributed by atoms with Crippen molar-refractivity contribution in [1.29, 1.82) is 0 Å². The van der Waals surface area contributed by atoms with E-state index in [1.54, 1.807) is 47.6 Å². The summed E-state index contributed by atoms with van der Waals surface area (Å²) in [5.41, 5.74) is 3.60. The van der Waals surface area contributed by atoms with Crippen molar-refractivity contribution < 1.29 is 27.4 Å². The summed E-state index contributed by atoms with van der Waals surface area (Å²) in [4.78, 5) is 49.8. The highest BCUT2D eigenvalue weighted by Crippen LogP contribution is 2.39. The molecule has 1 saturated heterocycles. The number of nitrogens with zero attached hydrogens (tertiary/aromatic N) is 9. The molecule has 0 spiro atoms. The van der Waals surface area contributed by atoms with Crippen LogP contribution in [0.3, 0.4) is 0 Å². The van der Waals surface area contributed by atoms with Gasteiger partial charge in [0, 0.05) is 86.9 Å². The van der Waals surface area contributed by atoms with Gasteiger partial charge < -0.3 is 24.2 Å². The number of piperazine rings is 1. The van der Waals surface area contributed by atoms with Crippen LogP contribution in [0.5, 0.6) is 5.88 Å². The van der Waals surface area contributed by atoms with E-state index in [9.17, 15) is 22.8 Å². The molecule has 0 atom stereocenters. The van der Waals surface area contributed by atoms with Crippen LogP contribution in [-0.2, 0) is 30.9 Å². The van der Waals surface area contributed by atoms with E-state index in [4.69, 9.17) is 14.5 Å². The molecule has 6 aromatic rings. The number of unbranched alkanes of at least 4 members (excludes halogenated alkanes) is 1. The highest BCUT2D eigenvalue weighted by molar-refractivity contribution is 6.04. The molecule has 2 aliphatic heterocycles. The highest BCUT2D eigenvalue weighted by atomic mass is 19.4. The van der Waals surface area contributed by atoms with Gasteiger partial charge in [0.15, 0.2) is 0 Å². The third kappa shape index (κ3) is 6.83. The fraction of sp³-hybridized carbons (Fsp3) is 0.350. The summed E-state index contributed by atoms with van der Waals surface area (Å²) in [6.45, 7) is 4.68. The molecule has 1 amide bonds. The molecule has 0 saturated carbocycles. The number of carbonyl (C=O) groups is 1. The van der Waals surface area contributed by atoms with Gasteiger partial charge >= 0.3 is 18.0 Å². The van der Waals surface area contributed by atoms with Crippen LogP contribution in [0.4, 0.5) is 29.6 Å². The van der Waals surface area contributed by atoms with Crippen molar-refractivity contribution >= 4 is 39.7 Å². The number of ether oxygens (including phenoxy) is 2. The van der Waals surface area contributed by atoms with E-state index in [0.29, 0.717) is 86.1 Å². The molecule has 13 nitrogen and oxygen atoms in total. The number of carbonyl (C=O) groups excluding carboxylic acids is 1. The number of methoxy groups -OCH3 is 1. The first-order valence-electron chi connectivity index (χ1n) is 18.5. The molecule has 2 aliphatic rings. The van der Waals surface area contributed by atoms with Crippen molar-refractivity contribution in [3.8, 4) is 22.7 Å². The number of aryl methyl sites for hydroxylation is 1. The van der Waals surface area contributed by atoms with Gasteiger partial charge in [0.05, 0.1) is 60.0 Å². The molecule has 0 N–H and O–H groups in total. The van der Waals surface area contributed by atoms with E-state index in [1.807, 2.05) is 36.1 Å². The quantitative estimate of drug-likeness (QED) is 0.161. The van der Waals surface area contributed by atoms with Gasteiger partial charge in [-0.05, 0) is 48.4 Å². The number of rotatable bonds is 8. The van der Waals surface area contributed by atoms with Crippen molar-refractivity contribution in [2.75, 3.05) is 56.2 Å². The number of benzene rings is 2. The van der Waals surface area contributed by atoms with Crippen molar-refractivity contribution in [3.05, 3.63) is 94.4 Å². The number of alkyl halides is 3. The predicted molar refractivity (Wildman–Crippen MR) is 205 cm³/mol. The lowest BCUT2D eigenvalue weighted by Gasteiger charge is -2.37. The van der Waals surface area contributed by atoms with Gasteiger partial charge in [-0.15, -0.1) is 0 Å². The molecule has 0 unspecified atom stereocenters. The summed E-state index contributed by atoms with van der Waals surface area (Å²) in [7, 11) is 3.11. The summed E-state index contributed by atoms with van der Waals surface area (Å²) < 4.78 is 58.0. The summed E-state index contributed by atoms with van der Waals surface area (Å²) in [6, 6.07) is 13.2. The summed E-state index contributed by atoms with van der Waals surface area (Å²) in [6.07, 6.45) is 2.22. The Morgan fingerprint density at radius 3 is 2.41 bits per heavy atom. The van der Waals surface area contributed by atoms with Gasteiger partial charge in [-0.2, -0.15) is 13.2 Å². The second-order valence-electron chi connectivity index (χ2n) is 13.9. The molecule has 290 valence electrons. The Balaban J connectivity index is 1.06. The zero-order valence-corrected chi connectivity index (χ0v) is 31.2. The lowest BCUT2D eigenvalue weighted by atomic mass is 10.0. The fourth-order valence-corrected chi connectivity index (χ4v) is 7.41. The summed E-state index contributed by atoms with van der Waals surface area (Å²) in [5.74, 6) is 0.971. The molecule has 0 aliphatic carbocycles. The van der Waals surface area contributed by atoms with Crippen LogP contribution in [0.15, 0.2) is 71.9 Å². The smallest absolute Gasteiger partial charge is 0.418 e. The predicted octanol–water partition coefficient (Wildman–Crippen LogP) is 6.38. The minimum atomic E-state index is -4.70. The Labute approximate surface area is 319 Å². The standard InChI is InChI=1S/C40H40F3N9O4/c1-4-5-18-56-39(54)51-13-12-31-27(24-51)22-46-37(47-31)50-16-14-49(15-17-50)33-10-8-28(20-30(33)40(41,42)43)52-36-29-19-25(26-7-11-35(55-3)45-21-26)6-9-32(29)44-23-34(36)48(2)38(52)53/h6-11,19-23H,4-5,12-18,24H2,1-3H3. The first-order chi connectivity index (χ1) is 27.0. The number of imidazole rings is 1. The Morgan fingerprint density at radius 2 is 1.68 bits per heavy atom. The Morgan fingerprint density at radius 1 is 0.893 bits per heavy atom. The molecule has 2 aromatic carbocycles. The first kappa shape index (κ1) is 36.8. The maximum atomic E-state index is 14.9. The van der Waals surface area contributed by atoms with Crippen LogP contribution < -0.4 is 20.2 Å². The number of aromatic nitrogens is 6. The van der Waals surface area contributed by atoms with Crippen molar-refractivity contribution in [2.24, 2.45) is 7.05 Å². The van der Waals surface area contributed by atoms with Gasteiger partial charge in [-0.3, -0.25) is 14.1 Å². The lowest BCUT2D eigenvalue weighted by Crippen LogP contribution is -2.48. The number of amides is 1. The van der Waals surface area contributed by atoms with Gasteiger partial charge in [0.25, 0.3) is 0 Å². The molecule has 6 heterocycles. The van der Waals surface area contributed by atoms with E-state index in [2.05, 4.69) is 15.0 Å². The minimum absolute atomic E-state index is 0.0345. The number of fused-ring (bicyclic) bond motifs is 4. The van der Waals surface area contributed by atoms with Gasteiger partial charge in [0.2, 0.25) is 11.8 Å². The Kier molecular flexibility index (Phi) is 9.72. The first-order valence-corrected chi connectivity index (χ1v) is 18.5. The van der Waals surface area contributed by atoms with E-state index >= 15 is 0 Å². The van der Waals surface area contributed by atoms with Crippen LogP contribution in [0.1, 0.15) is 36.6 Å². The Hall–Kier alpha value is -6.19. The second kappa shape index (κ2) is 14.8. The summed E-state index contributed by atoms with van der Waals surface area (Å²) in [5, 5.41) is 0.605. The molecule has 16 heteroatoms. The summed E-state index contributed by atoms with van der Waals surface area (Å²) >= 11 is 0.